The molecular weight excluding hydrogens is 463 g/mol. The van der Waals surface area contributed by atoms with Gasteiger partial charge in [-0.1, -0.05) is 126 Å². The molecule has 0 aromatic carbocycles. The van der Waals surface area contributed by atoms with Gasteiger partial charge in [-0.3, -0.25) is 0 Å². The van der Waals surface area contributed by atoms with E-state index < -0.39 is 0 Å². The average Bonchev–Trinajstić information content (AvgIpc) is 2.71. The summed E-state index contributed by atoms with van der Waals surface area (Å²) < 4.78 is 17.5. The van der Waals surface area contributed by atoms with E-state index in [1.165, 1.54) is 103 Å². The Hall–Kier alpha value is 0.610. The molecule has 0 rings (SSSR count). The summed E-state index contributed by atoms with van der Waals surface area (Å²) in [5, 5.41) is 0. The summed E-state index contributed by atoms with van der Waals surface area (Å²) in [4.78, 5) is 0. The number of rotatable bonds is 25. The summed E-state index contributed by atoms with van der Waals surface area (Å²) in [6.45, 7) is 6.77. The first-order valence-electron chi connectivity index (χ1n) is 12.2. The molecule has 0 fully saturated rings. The van der Waals surface area contributed by atoms with Crippen molar-refractivity contribution in [2.24, 2.45) is 0 Å². The van der Waals surface area contributed by atoms with Gasteiger partial charge in [0.1, 0.15) is 0 Å². The molecule has 4 heteroatoms. The Labute approximate surface area is 190 Å². The van der Waals surface area contributed by atoms with Crippen LogP contribution in [0, 0.1) is 0 Å². The van der Waals surface area contributed by atoms with Crippen molar-refractivity contribution in [3.63, 3.8) is 0 Å². The van der Waals surface area contributed by atoms with Crippen molar-refractivity contribution in [3.05, 3.63) is 0 Å². The third-order valence-electron chi connectivity index (χ3n) is 5.11. The first-order valence-corrected chi connectivity index (χ1v) is 13.7. The largest absolute Gasteiger partial charge is 0.379 e. The molecule has 0 aromatic heterocycles. The van der Waals surface area contributed by atoms with Crippen LogP contribution in [0.15, 0.2) is 0 Å². The second kappa shape index (κ2) is 27.6. The van der Waals surface area contributed by atoms with E-state index in [-0.39, 0.29) is 0 Å². The quantitative estimate of drug-likeness (QED) is 0.0712. The van der Waals surface area contributed by atoms with E-state index in [9.17, 15) is 0 Å². The predicted molar refractivity (Wildman–Crippen MR) is 131 cm³/mol. The van der Waals surface area contributed by atoms with E-state index in [1.807, 2.05) is 0 Å². The smallest absolute Gasteiger partial charge is 0.0701 e. The lowest BCUT2D eigenvalue weighted by molar-refractivity contribution is 0.0169. The topological polar surface area (TPSA) is 27.7 Å². The Morgan fingerprint density at radius 2 is 0.714 bits per heavy atom. The van der Waals surface area contributed by atoms with Crippen LogP contribution in [0.1, 0.15) is 110 Å². The highest BCUT2D eigenvalue weighted by molar-refractivity contribution is 14.1. The van der Waals surface area contributed by atoms with Crippen molar-refractivity contribution in [3.8, 4) is 0 Å². The fourth-order valence-electron chi connectivity index (χ4n) is 3.35. The van der Waals surface area contributed by atoms with Gasteiger partial charge in [0.05, 0.1) is 33.0 Å². The van der Waals surface area contributed by atoms with E-state index in [0.717, 1.165) is 17.6 Å². The van der Waals surface area contributed by atoms with E-state index >= 15 is 0 Å². The van der Waals surface area contributed by atoms with Crippen LogP contribution in [0.3, 0.4) is 0 Å². The molecule has 0 saturated heterocycles. The molecule has 0 aliphatic heterocycles. The zero-order chi connectivity index (χ0) is 20.4. The first kappa shape index (κ1) is 28.6. The van der Waals surface area contributed by atoms with Crippen LogP contribution in [0.2, 0.25) is 0 Å². The van der Waals surface area contributed by atoms with E-state index in [4.69, 9.17) is 14.2 Å². The Balaban J connectivity index is 2.96. The summed E-state index contributed by atoms with van der Waals surface area (Å²) in [5.74, 6) is 0. The van der Waals surface area contributed by atoms with Gasteiger partial charge in [-0.15, -0.1) is 0 Å². The van der Waals surface area contributed by atoms with Crippen molar-refractivity contribution in [1.82, 2.24) is 0 Å². The van der Waals surface area contributed by atoms with Crippen LogP contribution >= 0.6 is 22.6 Å². The molecule has 28 heavy (non-hydrogen) atoms. The molecule has 0 saturated carbocycles. The van der Waals surface area contributed by atoms with Crippen molar-refractivity contribution in [2.75, 3.05) is 44.1 Å². The van der Waals surface area contributed by atoms with Gasteiger partial charge < -0.3 is 14.2 Å². The summed E-state index contributed by atoms with van der Waals surface area (Å²) in [7, 11) is 0. The molecule has 0 aliphatic carbocycles. The lowest BCUT2D eigenvalue weighted by Gasteiger charge is -2.06. The molecule has 0 aromatic rings. The third kappa shape index (κ3) is 26.6. The fraction of sp³-hybridized carbons (Fsp3) is 1.00. The van der Waals surface area contributed by atoms with Crippen molar-refractivity contribution < 1.29 is 14.2 Å². The maximum atomic E-state index is 5.61. The Morgan fingerprint density at radius 3 is 1.11 bits per heavy atom. The molecule has 0 aliphatic rings. The lowest BCUT2D eigenvalue weighted by Crippen LogP contribution is -2.10. The first-order chi connectivity index (χ1) is 13.9. The zero-order valence-corrected chi connectivity index (χ0v) is 21.0. The van der Waals surface area contributed by atoms with Gasteiger partial charge in [-0.05, 0) is 6.42 Å². The minimum Gasteiger partial charge on any atom is -0.379 e. The number of hydrogen-bond donors (Lipinski definition) is 0. The van der Waals surface area contributed by atoms with E-state index in [1.54, 1.807) is 0 Å². The molecular formula is C24H49IO3. The monoisotopic (exact) mass is 512 g/mol. The van der Waals surface area contributed by atoms with Crippen LogP contribution in [-0.2, 0) is 14.2 Å². The normalized spacial score (nSPS) is 11.4. The molecule has 0 radical (unpaired) electrons. The molecule has 0 unspecified atom stereocenters. The standard InChI is InChI=1S/C24H49IO3/c1-2-3-4-5-6-7-8-9-10-11-12-13-14-15-16-17-19-26-21-23-28-24-22-27-20-18-25/h2-24H2,1H3. The van der Waals surface area contributed by atoms with Crippen LogP contribution in [0.25, 0.3) is 0 Å². The van der Waals surface area contributed by atoms with Gasteiger partial charge in [0.25, 0.3) is 0 Å². The minimum absolute atomic E-state index is 0.680. The van der Waals surface area contributed by atoms with Gasteiger partial charge >= 0.3 is 0 Å². The summed E-state index contributed by atoms with van der Waals surface area (Å²) in [5.41, 5.74) is 0. The summed E-state index contributed by atoms with van der Waals surface area (Å²) in [6.07, 6.45) is 22.6. The van der Waals surface area contributed by atoms with Crippen LogP contribution < -0.4 is 0 Å². The molecule has 170 valence electrons. The highest BCUT2D eigenvalue weighted by Crippen LogP contribution is 2.13. The molecule has 0 spiro atoms. The van der Waals surface area contributed by atoms with Gasteiger partial charge in [-0.2, -0.15) is 0 Å². The molecule has 0 bridgehead atoms. The second-order valence-corrected chi connectivity index (χ2v) is 8.91. The van der Waals surface area contributed by atoms with Crippen molar-refractivity contribution >= 4 is 22.6 Å². The number of ether oxygens (including phenoxy) is 3. The Bertz CT molecular complexity index is 238. The second-order valence-electron chi connectivity index (χ2n) is 7.83. The lowest BCUT2D eigenvalue weighted by atomic mass is 10.0. The fourth-order valence-corrected chi connectivity index (χ4v) is 3.66. The summed E-state index contributed by atoms with van der Waals surface area (Å²) in [6, 6.07) is 0. The maximum absolute atomic E-state index is 5.61. The SMILES string of the molecule is CCCCCCCCCCCCCCCCCCOCCOCCOCCI. The predicted octanol–water partition coefficient (Wildman–Crippen LogP) is 7.73. The molecule has 0 amide bonds. The maximum Gasteiger partial charge on any atom is 0.0701 e. The van der Waals surface area contributed by atoms with Crippen LogP contribution in [-0.4, -0.2) is 44.1 Å². The van der Waals surface area contributed by atoms with Gasteiger partial charge in [-0.25, -0.2) is 0 Å². The molecule has 3 nitrogen and oxygen atoms in total. The zero-order valence-electron chi connectivity index (χ0n) is 18.9. The summed E-state index contributed by atoms with van der Waals surface area (Å²) >= 11 is 2.31. The van der Waals surface area contributed by atoms with Crippen LogP contribution in [0.5, 0.6) is 0 Å². The Kier molecular flexibility index (Phi) is 28.2. The number of hydrogen-bond acceptors (Lipinski definition) is 3. The van der Waals surface area contributed by atoms with Crippen molar-refractivity contribution in [1.29, 1.82) is 0 Å². The Morgan fingerprint density at radius 1 is 0.393 bits per heavy atom. The van der Waals surface area contributed by atoms with Crippen LogP contribution in [0.4, 0.5) is 0 Å². The number of unbranched alkanes of at least 4 members (excludes halogenated alkanes) is 15. The average molecular weight is 513 g/mol. The molecule has 0 atom stereocenters. The molecule has 0 heterocycles. The van der Waals surface area contributed by atoms with E-state index in [0.29, 0.717) is 26.4 Å². The van der Waals surface area contributed by atoms with Gasteiger partial charge in [0, 0.05) is 11.0 Å². The van der Waals surface area contributed by atoms with Gasteiger partial charge in [0.15, 0.2) is 0 Å². The minimum atomic E-state index is 0.680. The highest BCUT2D eigenvalue weighted by atomic mass is 127. The number of alkyl halides is 1. The third-order valence-corrected chi connectivity index (χ3v) is 5.55. The van der Waals surface area contributed by atoms with Crippen molar-refractivity contribution in [2.45, 2.75) is 110 Å². The molecule has 0 N–H and O–H groups in total. The highest BCUT2D eigenvalue weighted by Gasteiger charge is 1.95. The van der Waals surface area contributed by atoms with E-state index in [2.05, 4.69) is 29.5 Å². The van der Waals surface area contributed by atoms with Gasteiger partial charge in [0.2, 0.25) is 0 Å². The number of halogens is 1.